The van der Waals surface area contributed by atoms with Gasteiger partial charge in [0.25, 0.3) is 5.91 Å². The van der Waals surface area contributed by atoms with E-state index in [1.54, 1.807) is 0 Å². The van der Waals surface area contributed by atoms with Crippen molar-refractivity contribution in [2.75, 3.05) is 18.0 Å². The lowest BCUT2D eigenvalue weighted by molar-refractivity contribution is 0.0951. The second-order valence-electron chi connectivity index (χ2n) is 6.92. The van der Waals surface area contributed by atoms with Gasteiger partial charge >= 0.3 is 0 Å². The minimum atomic E-state index is -0.0249. The first kappa shape index (κ1) is 16.6. The van der Waals surface area contributed by atoms with Crippen LogP contribution in [0.25, 0.3) is 10.8 Å². The van der Waals surface area contributed by atoms with E-state index in [4.69, 9.17) is 0 Å². The first-order valence-electron chi connectivity index (χ1n) is 9.41. The Hall–Kier alpha value is -2.81. The van der Waals surface area contributed by atoms with Crippen molar-refractivity contribution >= 4 is 22.4 Å². The maximum absolute atomic E-state index is 12.5. The van der Waals surface area contributed by atoms with Crippen molar-refractivity contribution in [3.8, 4) is 0 Å². The Bertz CT molecular complexity index is 890. The molecule has 1 heterocycles. The number of nitrogens with zero attached hydrogens (tertiary/aromatic N) is 1. The molecule has 1 saturated heterocycles. The zero-order chi connectivity index (χ0) is 17.8. The molecular formula is C23H24N2O. The summed E-state index contributed by atoms with van der Waals surface area (Å²) in [6.07, 6.45) is 3.84. The summed E-state index contributed by atoms with van der Waals surface area (Å²) in [5.41, 5.74) is 3.07. The molecule has 26 heavy (non-hydrogen) atoms. The minimum absolute atomic E-state index is 0.0249. The van der Waals surface area contributed by atoms with Crippen LogP contribution in [0.15, 0.2) is 66.7 Å². The standard InChI is InChI=1S/C23H24N2O/c26-23(19-11-13-21(14-12-19)25-15-4-1-5-16-25)24-17-20-9-6-8-18-7-2-3-10-22(18)20/h2-3,6-14H,1,4-5,15-17H2,(H,24,26). The van der Waals surface area contributed by atoms with Crippen LogP contribution < -0.4 is 10.2 Å². The number of carbonyl (C=O) groups excluding carboxylic acids is 1. The molecule has 0 radical (unpaired) electrons. The molecule has 0 aromatic heterocycles. The van der Waals surface area contributed by atoms with Gasteiger partial charge in [0.05, 0.1) is 0 Å². The highest BCUT2D eigenvalue weighted by atomic mass is 16.1. The summed E-state index contributed by atoms with van der Waals surface area (Å²) in [5.74, 6) is -0.0249. The summed E-state index contributed by atoms with van der Waals surface area (Å²) in [7, 11) is 0. The predicted octanol–water partition coefficient (Wildman–Crippen LogP) is 4.76. The number of piperidine rings is 1. The normalized spacial score (nSPS) is 14.4. The number of amides is 1. The molecular weight excluding hydrogens is 320 g/mol. The molecule has 4 rings (SSSR count). The van der Waals surface area contributed by atoms with Crippen molar-refractivity contribution in [2.45, 2.75) is 25.8 Å². The van der Waals surface area contributed by atoms with E-state index >= 15 is 0 Å². The summed E-state index contributed by atoms with van der Waals surface area (Å²) in [6.45, 7) is 2.77. The predicted molar refractivity (Wildman–Crippen MR) is 108 cm³/mol. The number of nitrogens with one attached hydrogen (secondary N) is 1. The molecule has 1 aliphatic heterocycles. The van der Waals surface area contributed by atoms with E-state index in [2.05, 4.69) is 46.6 Å². The van der Waals surface area contributed by atoms with Crippen molar-refractivity contribution in [3.05, 3.63) is 77.9 Å². The second-order valence-corrected chi connectivity index (χ2v) is 6.92. The molecule has 1 N–H and O–H groups in total. The van der Waals surface area contributed by atoms with Gasteiger partial charge in [0.1, 0.15) is 0 Å². The number of hydrogen-bond acceptors (Lipinski definition) is 2. The average Bonchev–Trinajstić information content (AvgIpc) is 2.73. The Morgan fingerprint density at radius 1 is 0.846 bits per heavy atom. The fourth-order valence-electron chi connectivity index (χ4n) is 3.70. The number of anilines is 1. The van der Waals surface area contributed by atoms with Crippen LogP contribution in [0.3, 0.4) is 0 Å². The van der Waals surface area contributed by atoms with Crippen LogP contribution in [0.4, 0.5) is 5.69 Å². The fourth-order valence-corrected chi connectivity index (χ4v) is 3.70. The largest absolute Gasteiger partial charge is 0.372 e. The smallest absolute Gasteiger partial charge is 0.251 e. The Labute approximate surface area is 154 Å². The highest BCUT2D eigenvalue weighted by Gasteiger charge is 2.12. The second kappa shape index (κ2) is 7.61. The van der Waals surface area contributed by atoms with Gasteiger partial charge in [-0.15, -0.1) is 0 Å². The SMILES string of the molecule is O=C(NCc1cccc2ccccc12)c1ccc(N2CCCCC2)cc1. The Morgan fingerprint density at radius 3 is 2.38 bits per heavy atom. The highest BCUT2D eigenvalue weighted by Crippen LogP contribution is 2.21. The van der Waals surface area contributed by atoms with Gasteiger partial charge in [-0.3, -0.25) is 4.79 Å². The molecule has 0 spiro atoms. The monoisotopic (exact) mass is 344 g/mol. The molecule has 1 amide bonds. The first-order chi connectivity index (χ1) is 12.8. The van der Waals surface area contributed by atoms with Crippen molar-refractivity contribution in [3.63, 3.8) is 0 Å². The van der Waals surface area contributed by atoms with Crippen LogP contribution >= 0.6 is 0 Å². The van der Waals surface area contributed by atoms with E-state index in [-0.39, 0.29) is 5.91 Å². The third-order valence-corrected chi connectivity index (χ3v) is 5.17. The van der Waals surface area contributed by atoms with Gasteiger partial charge in [0.15, 0.2) is 0 Å². The van der Waals surface area contributed by atoms with E-state index < -0.39 is 0 Å². The summed E-state index contributed by atoms with van der Waals surface area (Å²) in [4.78, 5) is 14.9. The van der Waals surface area contributed by atoms with Gasteiger partial charge < -0.3 is 10.2 Å². The van der Waals surface area contributed by atoms with E-state index in [0.717, 1.165) is 18.7 Å². The zero-order valence-electron chi connectivity index (χ0n) is 14.9. The topological polar surface area (TPSA) is 32.3 Å². The molecule has 0 atom stereocenters. The molecule has 1 aliphatic rings. The van der Waals surface area contributed by atoms with Gasteiger partial charge in [-0.05, 0) is 59.9 Å². The van der Waals surface area contributed by atoms with Gasteiger partial charge in [0.2, 0.25) is 0 Å². The van der Waals surface area contributed by atoms with Crippen molar-refractivity contribution in [1.29, 1.82) is 0 Å². The molecule has 3 heteroatoms. The lowest BCUT2D eigenvalue weighted by Gasteiger charge is -2.28. The molecule has 0 unspecified atom stereocenters. The van der Waals surface area contributed by atoms with E-state index in [9.17, 15) is 4.79 Å². The first-order valence-corrected chi connectivity index (χ1v) is 9.41. The number of rotatable bonds is 4. The lowest BCUT2D eigenvalue weighted by Crippen LogP contribution is -2.29. The van der Waals surface area contributed by atoms with Gasteiger partial charge in [-0.25, -0.2) is 0 Å². The van der Waals surface area contributed by atoms with Crippen LogP contribution in [0.1, 0.15) is 35.2 Å². The molecule has 1 fully saturated rings. The van der Waals surface area contributed by atoms with Crippen LogP contribution in [0.2, 0.25) is 0 Å². The Balaban J connectivity index is 1.43. The van der Waals surface area contributed by atoms with Crippen LogP contribution in [0.5, 0.6) is 0 Å². The highest BCUT2D eigenvalue weighted by molar-refractivity contribution is 5.95. The van der Waals surface area contributed by atoms with E-state index in [1.807, 2.05) is 30.3 Å². The molecule has 3 nitrogen and oxygen atoms in total. The Kier molecular flexibility index (Phi) is 4.87. The van der Waals surface area contributed by atoms with E-state index in [1.165, 1.54) is 35.7 Å². The minimum Gasteiger partial charge on any atom is -0.372 e. The third kappa shape index (κ3) is 3.57. The van der Waals surface area contributed by atoms with Crippen molar-refractivity contribution < 1.29 is 4.79 Å². The summed E-state index contributed by atoms with van der Waals surface area (Å²) in [6, 6.07) is 22.5. The molecule has 0 aliphatic carbocycles. The summed E-state index contributed by atoms with van der Waals surface area (Å²) >= 11 is 0. The van der Waals surface area contributed by atoms with Crippen molar-refractivity contribution in [2.24, 2.45) is 0 Å². The summed E-state index contributed by atoms with van der Waals surface area (Å²) in [5, 5.41) is 5.44. The molecule has 3 aromatic rings. The molecule has 132 valence electrons. The van der Waals surface area contributed by atoms with Gasteiger partial charge in [-0.1, -0.05) is 42.5 Å². The number of fused-ring (bicyclic) bond motifs is 1. The van der Waals surface area contributed by atoms with E-state index in [0.29, 0.717) is 12.1 Å². The summed E-state index contributed by atoms with van der Waals surface area (Å²) < 4.78 is 0. The quantitative estimate of drug-likeness (QED) is 0.740. The van der Waals surface area contributed by atoms with Gasteiger partial charge in [-0.2, -0.15) is 0 Å². The van der Waals surface area contributed by atoms with Crippen LogP contribution in [0, 0.1) is 0 Å². The maximum atomic E-state index is 12.5. The molecule has 0 bridgehead atoms. The van der Waals surface area contributed by atoms with Crippen molar-refractivity contribution in [1.82, 2.24) is 5.32 Å². The molecule has 3 aromatic carbocycles. The van der Waals surface area contributed by atoms with Crippen LogP contribution in [-0.4, -0.2) is 19.0 Å². The van der Waals surface area contributed by atoms with Gasteiger partial charge in [0, 0.05) is 30.9 Å². The number of carbonyl (C=O) groups is 1. The fraction of sp³-hybridized carbons (Fsp3) is 0.261. The zero-order valence-corrected chi connectivity index (χ0v) is 14.9. The molecule has 0 saturated carbocycles. The number of benzene rings is 3. The third-order valence-electron chi connectivity index (χ3n) is 5.17. The number of hydrogen-bond donors (Lipinski definition) is 1. The lowest BCUT2D eigenvalue weighted by atomic mass is 10.0. The maximum Gasteiger partial charge on any atom is 0.251 e. The average molecular weight is 344 g/mol. The van der Waals surface area contributed by atoms with Crippen LogP contribution in [-0.2, 0) is 6.54 Å². The Morgan fingerprint density at radius 2 is 1.58 bits per heavy atom.